The van der Waals surface area contributed by atoms with Crippen molar-refractivity contribution in [3.05, 3.63) is 37.5 Å². The summed E-state index contributed by atoms with van der Waals surface area (Å²) in [5.41, 5.74) is 0. The van der Waals surface area contributed by atoms with Gasteiger partial charge in [-0.1, -0.05) is 37.5 Å². The van der Waals surface area contributed by atoms with E-state index in [0.29, 0.717) is 0 Å². The molecule has 0 bridgehead atoms. The predicted octanol–water partition coefficient (Wildman–Crippen LogP) is 2.48. The fourth-order valence-electron chi connectivity index (χ4n) is 0.155. The number of hydrogen-bond acceptors (Lipinski definition) is 5. The molecule has 0 aromatic rings. The lowest BCUT2D eigenvalue weighted by atomic mass is 10.6. The highest BCUT2D eigenvalue weighted by Crippen LogP contribution is 2.02. The van der Waals surface area contributed by atoms with Crippen molar-refractivity contribution >= 4 is 8.81 Å². The summed E-state index contributed by atoms with van der Waals surface area (Å²) in [4.78, 5) is 0. The molecule has 0 aliphatic rings. The normalized spacial score (nSPS) is 9.07. The first-order chi connectivity index (χ1) is 7.24. The maximum atomic E-state index is 7.98. The SMILES string of the molecule is C/C=C/CO.C=CC=C.CPOOOO. The second kappa shape index (κ2) is 29.2. The third-order valence-electron chi connectivity index (χ3n) is 0.656. The van der Waals surface area contributed by atoms with Gasteiger partial charge in [0.25, 0.3) is 0 Å². The molecule has 5 nitrogen and oxygen atoms in total. The van der Waals surface area contributed by atoms with E-state index in [9.17, 15) is 0 Å². The Morgan fingerprint density at radius 1 is 1.33 bits per heavy atom. The van der Waals surface area contributed by atoms with Gasteiger partial charge in [0.2, 0.25) is 0 Å². The van der Waals surface area contributed by atoms with E-state index in [1.165, 1.54) is 0 Å². The van der Waals surface area contributed by atoms with Gasteiger partial charge in [-0.25, -0.2) is 5.26 Å². The first-order valence-corrected chi connectivity index (χ1v) is 5.41. The van der Waals surface area contributed by atoms with Crippen molar-refractivity contribution < 1.29 is 25.1 Å². The molecule has 0 rings (SSSR count). The molecule has 6 heteroatoms. The molecule has 0 fully saturated rings. The Balaban J connectivity index is -0.000000147. The van der Waals surface area contributed by atoms with Crippen LogP contribution in [0.15, 0.2) is 37.5 Å². The summed E-state index contributed by atoms with van der Waals surface area (Å²) in [5, 5.41) is 22.0. The average Bonchev–Trinajstić information content (AvgIpc) is 2.28. The Morgan fingerprint density at radius 2 is 1.87 bits per heavy atom. The Morgan fingerprint density at radius 3 is 1.93 bits per heavy atom. The minimum Gasteiger partial charge on any atom is -0.392 e. The summed E-state index contributed by atoms with van der Waals surface area (Å²) in [6, 6.07) is 0. The number of rotatable bonds is 5. The number of allylic oxidation sites excluding steroid dienone is 3. The van der Waals surface area contributed by atoms with E-state index in [4.69, 9.17) is 10.4 Å². The molecule has 0 saturated heterocycles. The van der Waals surface area contributed by atoms with Crippen LogP contribution in [0.5, 0.6) is 0 Å². The Labute approximate surface area is 92.3 Å². The van der Waals surface area contributed by atoms with E-state index in [2.05, 4.69) is 27.9 Å². The molecule has 0 saturated carbocycles. The zero-order chi connectivity index (χ0) is 12.4. The molecule has 1 unspecified atom stereocenters. The van der Waals surface area contributed by atoms with E-state index in [1.54, 1.807) is 31.0 Å². The summed E-state index contributed by atoms with van der Waals surface area (Å²) in [6.45, 7) is 10.5. The number of hydrogen-bond donors (Lipinski definition) is 2. The van der Waals surface area contributed by atoms with Crippen molar-refractivity contribution in [1.29, 1.82) is 0 Å². The molecule has 0 aromatic carbocycles. The largest absolute Gasteiger partial charge is 0.392 e. The van der Waals surface area contributed by atoms with Crippen molar-refractivity contribution in [2.45, 2.75) is 6.92 Å². The van der Waals surface area contributed by atoms with E-state index in [-0.39, 0.29) is 15.4 Å². The smallest absolute Gasteiger partial charge is 0.0612 e. The van der Waals surface area contributed by atoms with E-state index < -0.39 is 0 Å². The standard InChI is InChI=1S/C4H8O.C4H6.CH5O4P/c1-2-3-4-5;1-3-4-2;1-6-5-4-3-2/h2-3,5H,4H2,1H3;3-4H,1-2H2;2,6H,1H3/b3-2+;;. The van der Waals surface area contributed by atoms with Gasteiger partial charge in [-0.05, 0) is 23.7 Å². The lowest BCUT2D eigenvalue weighted by Gasteiger charge is -1.87. The first kappa shape index (κ1) is 19.9. The lowest BCUT2D eigenvalue weighted by molar-refractivity contribution is -0.592. The molecule has 0 aromatic heterocycles. The van der Waals surface area contributed by atoms with E-state index in [1.807, 2.05) is 6.92 Å². The van der Waals surface area contributed by atoms with Crippen LogP contribution in [0.4, 0.5) is 0 Å². The number of aliphatic hydroxyl groups is 1. The van der Waals surface area contributed by atoms with Gasteiger partial charge in [0.05, 0.1) is 15.4 Å². The molecular formula is C9H19O5P. The van der Waals surface area contributed by atoms with Crippen molar-refractivity contribution in [2.75, 3.05) is 13.3 Å². The fourth-order valence-corrected chi connectivity index (χ4v) is 0.253. The van der Waals surface area contributed by atoms with Crippen LogP contribution in [0.2, 0.25) is 0 Å². The molecule has 0 radical (unpaired) electrons. The molecule has 2 N–H and O–H groups in total. The van der Waals surface area contributed by atoms with Gasteiger partial charge < -0.3 is 5.11 Å². The molecular weight excluding hydrogens is 219 g/mol. The number of aliphatic hydroxyl groups excluding tert-OH is 1. The second-order valence-corrected chi connectivity index (χ2v) is 2.23. The molecule has 0 aliphatic carbocycles. The molecule has 0 heterocycles. The Kier molecular flexibility index (Phi) is 38.8. The predicted molar refractivity (Wildman–Crippen MR) is 62.4 cm³/mol. The van der Waals surface area contributed by atoms with Crippen LogP contribution in [0, 0.1) is 0 Å². The van der Waals surface area contributed by atoms with Crippen LogP contribution < -0.4 is 0 Å². The monoisotopic (exact) mass is 238 g/mol. The van der Waals surface area contributed by atoms with E-state index >= 15 is 0 Å². The minimum atomic E-state index is 0.157. The zero-order valence-corrected chi connectivity index (χ0v) is 10.0. The van der Waals surface area contributed by atoms with Gasteiger partial charge in [0.1, 0.15) is 0 Å². The highest BCUT2D eigenvalue weighted by atomic mass is 31.1. The van der Waals surface area contributed by atoms with Gasteiger partial charge in [-0.2, -0.15) is 4.67 Å². The minimum absolute atomic E-state index is 0.157. The molecule has 1 atom stereocenters. The topological polar surface area (TPSA) is 68.2 Å². The van der Waals surface area contributed by atoms with Gasteiger partial charge >= 0.3 is 0 Å². The van der Waals surface area contributed by atoms with Crippen molar-refractivity contribution in [3.63, 3.8) is 0 Å². The van der Waals surface area contributed by atoms with Gasteiger partial charge in [-0.15, -0.1) is 0 Å². The van der Waals surface area contributed by atoms with Gasteiger partial charge in [0.15, 0.2) is 0 Å². The van der Waals surface area contributed by atoms with Crippen molar-refractivity contribution in [2.24, 2.45) is 0 Å². The van der Waals surface area contributed by atoms with Crippen LogP contribution >= 0.6 is 8.81 Å². The molecule has 15 heavy (non-hydrogen) atoms. The summed E-state index contributed by atoms with van der Waals surface area (Å²) in [5.74, 6) is 0. The zero-order valence-electron chi connectivity index (χ0n) is 9.05. The summed E-state index contributed by atoms with van der Waals surface area (Å²) in [6.07, 6.45) is 6.76. The first-order valence-electron chi connectivity index (χ1n) is 4.01. The van der Waals surface area contributed by atoms with Crippen LogP contribution in [0.1, 0.15) is 6.92 Å². The molecule has 0 aliphatic heterocycles. The van der Waals surface area contributed by atoms with Crippen molar-refractivity contribution in [3.8, 4) is 0 Å². The summed E-state index contributed by atoms with van der Waals surface area (Å²) < 4.78 is 4.04. The van der Waals surface area contributed by atoms with Crippen molar-refractivity contribution in [1.82, 2.24) is 0 Å². The third-order valence-corrected chi connectivity index (χ3v) is 0.890. The second-order valence-electron chi connectivity index (χ2n) is 1.65. The highest BCUT2D eigenvalue weighted by molar-refractivity contribution is 7.31. The van der Waals surface area contributed by atoms with Crippen LogP contribution in [0.25, 0.3) is 0 Å². The van der Waals surface area contributed by atoms with Gasteiger partial charge in [-0.3, -0.25) is 0 Å². The summed E-state index contributed by atoms with van der Waals surface area (Å²) >= 11 is 0. The quantitative estimate of drug-likeness (QED) is 0.192. The third kappa shape index (κ3) is 59.4. The fraction of sp³-hybridized carbons (Fsp3) is 0.333. The van der Waals surface area contributed by atoms with Crippen LogP contribution in [0.3, 0.4) is 0 Å². The highest BCUT2D eigenvalue weighted by Gasteiger charge is 1.74. The lowest BCUT2D eigenvalue weighted by Crippen LogP contribution is -1.80. The maximum absolute atomic E-state index is 7.98. The summed E-state index contributed by atoms with van der Waals surface area (Å²) in [7, 11) is 0.157. The molecule has 0 spiro atoms. The Hall–Kier alpha value is -0.550. The molecule has 90 valence electrons. The average molecular weight is 238 g/mol. The molecule has 0 amide bonds. The van der Waals surface area contributed by atoms with E-state index in [0.717, 1.165) is 0 Å². The van der Waals surface area contributed by atoms with Crippen LogP contribution in [-0.2, 0) is 14.8 Å². The Bertz CT molecular complexity index is 128. The van der Waals surface area contributed by atoms with Gasteiger partial charge in [0, 0.05) is 0 Å². The van der Waals surface area contributed by atoms with Crippen LogP contribution in [-0.4, -0.2) is 23.6 Å². The maximum Gasteiger partial charge on any atom is 0.0612 e.